The van der Waals surface area contributed by atoms with E-state index in [1.807, 2.05) is 0 Å². The molecule has 6 heteroatoms. The molecule has 0 spiro atoms. The summed E-state index contributed by atoms with van der Waals surface area (Å²) >= 11 is 0. The zero-order valence-corrected chi connectivity index (χ0v) is 53.0. The van der Waals surface area contributed by atoms with E-state index in [1.54, 1.807) is 0 Å². The molecule has 1 atom stereocenters. The number of carbonyl (C=O) groups excluding carboxylic acids is 3. The molecular weight excluding hydrogens is 997 g/mol. The summed E-state index contributed by atoms with van der Waals surface area (Å²) < 4.78 is 16.9. The van der Waals surface area contributed by atoms with E-state index in [9.17, 15) is 14.4 Å². The van der Waals surface area contributed by atoms with Gasteiger partial charge in [0.2, 0.25) is 0 Å². The number of hydrogen-bond acceptors (Lipinski definition) is 6. The Kier molecular flexibility index (Phi) is 64.8. The van der Waals surface area contributed by atoms with Gasteiger partial charge in [-0.1, -0.05) is 322 Å². The van der Waals surface area contributed by atoms with Gasteiger partial charge in [-0.25, -0.2) is 0 Å². The summed E-state index contributed by atoms with van der Waals surface area (Å²) in [6.45, 7) is 6.50. The molecule has 0 aromatic carbocycles. The Bertz CT molecular complexity index is 1670. The summed E-state index contributed by atoms with van der Waals surface area (Å²) in [6.07, 6.45) is 95.2. The molecule has 0 aliphatic carbocycles. The predicted molar refractivity (Wildman–Crippen MR) is 353 cm³/mol. The quantitative estimate of drug-likeness (QED) is 0.0261. The maximum absolute atomic E-state index is 12.9. The molecule has 0 amide bonds. The molecule has 0 saturated heterocycles. The number of allylic oxidation sites excluding steroid dienone is 20. The standard InChI is InChI=1S/C75H126O6/c1-4-7-10-13-16-19-21-23-25-27-29-31-32-33-34-35-36-37-38-39-40-41-42-43-44-45-47-48-50-52-54-56-59-62-65-68-74(77)80-71-72(70-79-73(76)67-64-61-58-18-15-12-9-6-3)81-75(78)69-66-63-60-57-55-53-51-49-46-30-28-26-24-22-20-17-14-11-8-5-2/h7,10,16,19,23,25,29,31,33-34,36-37,39-40,42-43,45,47,50,52,72H,4-6,8-9,11-15,17-18,20-22,24,26-28,30,32,35,38,41,44,46,48-49,51,53-71H2,1-3H3/b10-7-,19-16-,25-23-,31-29-,34-33-,37-36-,40-39-,43-42-,47-45-,52-50-. The first-order chi connectivity index (χ1) is 40.0. The van der Waals surface area contributed by atoms with Gasteiger partial charge in [-0.15, -0.1) is 0 Å². The fraction of sp³-hybridized carbons (Fsp3) is 0.693. The van der Waals surface area contributed by atoms with Crippen LogP contribution in [0.3, 0.4) is 0 Å². The molecule has 0 radical (unpaired) electrons. The van der Waals surface area contributed by atoms with Crippen LogP contribution in [0.1, 0.15) is 316 Å². The monoisotopic (exact) mass is 1120 g/mol. The summed E-state index contributed by atoms with van der Waals surface area (Å²) in [5.41, 5.74) is 0. The molecule has 0 N–H and O–H groups in total. The van der Waals surface area contributed by atoms with Gasteiger partial charge in [0.25, 0.3) is 0 Å². The second kappa shape index (κ2) is 68.3. The van der Waals surface area contributed by atoms with E-state index in [2.05, 4.69) is 142 Å². The molecule has 0 aliphatic heterocycles. The van der Waals surface area contributed by atoms with Crippen molar-refractivity contribution in [2.75, 3.05) is 13.2 Å². The van der Waals surface area contributed by atoms with Crippen LogP contribution in [0, 0.1) is 0 Å². The average Bonchev–Trinajstić information content (AvgIpc) is 3.47. The molecule has 0 aliphatic rings. The van der Waals surface area contributed by atoms with Crippen LogP contribution in [0.4, 0.5) is 0 Å². The van der Waals surface area contributed by atoms with Crippen molar-refractivity contribution in [2.45, 2.75) is 322 Å². The third-order valence-electron chi connectivity index (χ3n) is 14.5. The SMILES string of the molecule is CC/C=C\C/C=C\C/C=C\C/C=C\C/C=C\C/C=C\C/C=C\C/C=C\C/C=C\C/C=C\CCCCCCC(=O)OCC(COC(=O)CCCCCCCCCC)OC(=O)CCCCCCCCCCCCCCCCCCCCCC. The van der Waals surface area contributed by atoms with Crippen molar-refractivity contribution in [1.82, 2.24) is 0 Å². The summed E-state index contributed by atoms with van der Waals surface area (Å²) in [5.74, 6) is -0.905. The highest BCUT2D eigenvalue weighted by Crippen LogP contribution is 2.17. The maximum Gasteiger partial charge on any atom is 0.306 e. The fourth-order valence-electron chi connectivity index (χ4n) is 9.41. The van der Waals surface area contributed by atoms with Crippen LogP contribution < -0.4 is 0 Å². The van der Waals surface area contributed by atoms with Gasteiger partial charge in [0.05, 0.1) is 0 Å². The number of unbranched alkanes of at least 4 members (excludes halogenated alkanes) is 30. The average molecular weight is 1120 g/mol. The lowest BCUT2D eigenvalue weighted by Gasteiger charge is -2.18. The summed E-state index contributed by atoms with van der Waals surface area (Å²) in [5, 5.41) is 0. The summed E-state index contributed by atoms with van der Waals surface area (Å²) in [4.78, 5) is 38.2. The molecule has 6 nitrogen and oxygen atoms in total. The van der Waals surface area contributed by atoms with Crippen molar-refractivity contribution >= 4 is 17.9 Å². The lowest BCUT2D eigenvalue weighted by Crippen LogP contribution is -2.30. The van der Waals surface area contributed by atoms with Crippen molar-refractivity contribution in [1.29, 1.82) is 0 Å². The van der Waals surface area contributed by atoms with Crippen LogP contribution in [-0.2, 0) is 28.6 Å². The van der Waals surface area contributed by atoms with E-state index in [-0.39, 0.29) is 31.1 Å². The number of hydrogen-bond donors (Lipinski definition) is 0. The van der Waals surface area contributed by atoms with E-state index in [4.69, 9.17) is 14.2 Å². The van der Waals surface area contributed by atoms with Crippen LogP contribution >= 0.6 is 0 Å². The number of carbonyl (C=O) groups is 3. The maximum atomic E-state index is 12.9. The largest absolute Gasteiger partial charge is 0.462 e. The Morgan fingerprint density at radius 2 is 0.481 bits per heavy atom. The van der Waals surface area contributed by atoms with Gasteiger partial charge in [0, 0.05) is 19.3 Å². The first-order valence-electron chi connectivity index (χ1n) is 34.0. The van der Waals surface area contributed by atoms with E-state index in [1.165, 1.54) is 141 Å². The van der Waals surface area contributed by atoms with E-state index < -0.39 is 6.10 Å². The number of rotatable bonds is 61. The molecule has 0 saturated carbocycles. The highest BCUT2D eigenvalue weighted by molar-refractivity contribution is 5.71. The minimum atomic E-state index is -0.787. The number of ether oxygens (including phenoxy) is 3. The zero-order chi connectivity index (χ0) is 58.5. The third kappa shape index (κ3) is 66.5. The molecule has 0 rings (SSSR count). The predicted octanol–water partition coefficient (Wildman–Crippen LogP) is 23.6. The smallest absolute Gasteiger partial charge is 0.306 e. The lowest BCUT2D eigenvalue weighted by molar-refractivity contribution is -0.167. The molecule has 0 heterocycles. The minimum Gasteiger partial charge on any atom is -0.462 e. The second-order valence-electron chi connectivity index (χ2n) is 22.4. The van der Waals surface area contributed by atoms with Crippen molar-refractivity contribution in [3.63, 3.8) is 0 Å². The Hall–Kier alpha value is -4.19. The van der Waals surface area contributed by atoms with Crippen LogP contribution in [0.25, 0.3) is 0 Å². The van der Waals surface area contributed by atoms with Crippen LogP contribution in [-0.4, -0.2) is 37.2 Å². The summed E-state index contributed by atoms with van der Waals surface area (Å²) in [6, 6.07) is 0. The first-order valence-corrected chi connectivity index (χ1v) is 34.0. The fourth-order valence-corrected chi connectivity index (χ4v) is 9.41. The molecule has 0 bridgehead atoms. The van der Waals surface area contributed by atoms with Gasteiger partial charge in [-0.2, -0.15) is 0 Å². The van der Waals surface area contributed by atoms with E-state index in [0.717, 1.165) is 135 Å². The van der Waals surface area contributed by atoms with Gasteiger partial charge in [-0.3, -0.25) is 14.4 Å². The molecule has 1 unspecified atom stereocenters. The Morgan fingerprint density at radius 1 is 0.259 bits per heavy atom. The van der Waals surface area contributed by atoms with Gasteiger partial charge in [0.1, 0.15) is 13.2 Å². The van der Waals surface area contributed by atoms with E-state index in [0.29, 0.717) is 19.3 Å². The molecule has 0 aromatic rings. The van der Waals surface area contributed by atoms with Crippen molar-refractivity contribution in [3.05, 3.63) is 122 Å². The number of esters is 3. The first kappa shape index (κ1) is 76.8. The lowest BCUT2D eigenvalue weighted by atomic mass is 10.0. The van der Waals surface area contributed by atoms with Crippen molar-refractivity contribution < 1.29 is 28.6 Å². The highest BCUT2D eigenvalue weighted by Gasteiger charge is 2.19. The molecule has 0 fully saturated rings. The molecule has 462 valence electrons. The molecule has 81 heavy (non-hydrogen) atoms. The van der Waals surface area contributed by atoms with Gasteiger partial charge in [0.15, 0.2) is 6.10 Å². The normalized spacial score (nSPS) is 12.9. The van der Waals surface area contributed by atoms with Gasteiger partial charge >= 0.3 is 17.9 Å². The minimum absolute atomic E-state index is 0.0837. The second-order valence-corrected chi connectivity index (χ2v) is 22.4. The Labute approximate surface area is 501 Å². The molecular formula is C75H126O6. The van der Waals surface area contributed by atoms with E-state index >= 15 is 0 Å². The van der Waals surface area contributed by atoms with Gasteiger partial charge in [-0.05, 0) is 96.3 Å². The van der Waals surface area contributed by atoms with Crippen molar-refractivity contribution in [2.24, 2.45) is 0 Å². The Balaban J connectivity index is 4.21. The highest BCUT2D eigenvalue weighted by atomic mass is 16.6. The Morgan fingerprint density at radius 3 is 0.753 bits per heavy atom. The molecule has 0 aromatic heterocycles. The summed E-state index contributed by atoms with van der Waals surface area (Å²) in [7, 11) is 0. The van der Waals surface area contributed by atoms with Crippen LogP contribution in [0.15, 0.2) is 122 Å². The van der Waals surface area contributed by atoms with Crippen LogP contribution in [0.2, 0.25) is 0 Å². The topological polar surface area (TPSA) is 78.9 Å². The third-order valence-corrected chi connectivity index (χ3v) is 14.5. The zero-order valence-electron chi connectivity index (χ0n) is 53.0. The van der Waals surface area contributed by atoms with Crippen LogP contribution in [0.5, 0.6) is 0 Å². The van der Waals surface area contributed by atoms with Gasteiger partial charge < -0.3 is 14.2 Å². The van der Waals surface area contributed by atoms with Crippen molar-refractivity contribution in [3.8, 4) is 0 Å².